The van der Waals surface area contributed by atoms with Gasteiger partial charge < -0.3 is 19.9 Å². The molecule has 0 bridgehead atoms. The molecule has 0 aliphatic carbocycles. The first-order valence-electron chi connectivity index (χ1n) is 14.6. The molecule has 1 aromatic heterocycles. The van der Waals surface area contributed by atoms with Crippen LogP contribution in [-0.2, 0) is 25.7 Å². The molecule has 0 saturated carbocycles. The minimum atomic E-state index is -4.58. The second-order valence-corrected chi connectivity index (χ2v) is 14.8. The van der Waals surface area contributed by atoms with Gasteiger partial charge in [0, 0.05) is 76.4 Å². The van der Waals surface area contributed by atoms with Gasteiger partial charge in [0.05, 0.1) is 10.5 Å². The number of ether oxygens (including phenoxy) is 1. The van der Waals surface area contributed by atoms with Gasteiger partial charge in [-0.3, -0.25) is 9.69 Å². The van der Waals surface area contributed by atoms with E-state index in [4.69, 9.17) is 16.3 Å². The highest BCUT2D eigenvalue weighted by molar-refractivity contribution is 7.89. The van der Waals surface area contributed by atoms with Crippen LogP contribution in [0.5, 0.6) is 0 Å². The Morgan fingerprint density at radius 2 is 1.69 bits per heavy atom. The molecule has 3 aliphatic heterocycles. The van der Waals surface area contributed by atoms with E-state index in [0.29, 0.717) is 25.2 Å². The lowest BCUT2D eigenvalue weighted by atomic mass is 9.97. The number of nitrogens with zero attached hydrogens (tertiary/aromatic N) is 5. The number of halogens is 4. The SMILES string of the molecule is CC(C)(C)OC(=O)NCC1CN(C2CC(=O)N(c3ccc(S(=O)(=O)N4CCN(c5cc(C(F)(F)F)cc(Cl)n5)CC4)cc3)C2)C1. The number of hydrogen-bond donors (Lipinski definition) is 1. The molecule has 1 atom stereocenters. The lowest BCUT2D eigenvalue weighted by molar-refractivity contribution is -0.137. The fourth-order valence-corrected chi connectivity index (χ4v) is 7.30. The number of carbonyl (C=O) groups is 2. The third-order valence-electron chi connectivity index (χ3n) is 8.00. The zero-order valence-corrected chi connectivity index (χ0v) is 26.8. The summed E-state index contributed by atoms with van der Waals surface area (Å²) in [5, 5.41) is 2.50. The van der Waals surface area contributed by atoms with Gasteiger partial charge in [0.1, 0.15) is 16.6 Å². The maximum absolute atomic E-state index is 13.3. The number of amides is 2. The summed E-state index contributed by atoms with van der Waals surface area (Å²) in [5.41, 5.74) is -0.882. The molecule has 1 aromatic carbocycles. The van der Waals surface area contributed by atoms with Gasteiger partial charge in [0.15, 0.2) is 0 Å². The molecule has 3 fully saturated rings. The quantitative estimate of drug-likeness (QED) is 0.442. The molecule has 45 heavy (non-hydrogen) atoms. The van der Waals surface area contributed by atoms with Crippen molar-refractivity contribution in [1.82, 2.24) is 19.5 Å². The van der Waals surface area contributed by atoms with Gasteiger partial charge in [0.25, 0.3) is 0 Å². The van der Waals surface area contributed by atoms with Gasteiger partial charge >= 0.3 is 12.3 Å². The predicted molar refractivity (Wildman–Crippen MR) is 162 cm³/mol. The number of anilines is 2. The zero-order valence-electron chi connectivity index (χ0n) is 25.2. The highest BCUT2D eigenvalue weighted by Gasteiger charge is 2.40. The van der Waals surface area contributed by atoms with Crippen LogP contribution in [0.2, 0.25) is 5.15 Å². The summed E-state index contributed by atoms with van der Waals surface area (Å²) in [7, 11) is -3.88. The third-order valence-corrected chi connectivity index (χ3v) is 10.1. The van der Waals surface area contributed by atoms with Crippen LogP contribution in [0.3, 0.4) is 0 Å². The van der Waals surface area contributed by atoms with Gasteiger partial charge in [-0.15, -0.1) is 0 Å². The van der Waals surface area contributed by atoms with Crippen molar-refractivity contribution >= 4 is 45.1 Å². The van der Waals surface area contributed by atoms with Crippen molar-refractivity contribution in [1.29, 1.82) is 0 Å². The smallest absolute Gasteiger partial charge is 0.416 e. The summed E-state index contributed by atoms with van der Waals surface area (Å²) in [6.45, 7) is 8.28. The lowest BCUT2D eigenvalue weighted by Gasteiger charge is -2.43. The van der Waals surface area contributed by atoms with E-state index in [1.54, 1.807) is 42.7 Å². The van der Waals surface area contributed by atoms with Crippen LogP contribution in [0.4, 0.5) is 29.5 Å². The maximum Gasteiger partial charge on any atom is 0.416 e. The van der Waals surface area contributed by atoms with Crippen molar-refractivity contribution in [2.24, 2.45) is 5.92 Å². The largest absolute Gasteiger partial charge is 0.444 e. The molecule has 0 spiro atoms. The number of benzene rings is 1. The Balaban J connectivity index is 1.13. The summed E-state index contributed by atoms with van der Waals surface area (Å²) in [5.74, 6) is 0.258. The van der Waals surface area contributed by atoms with E-state index in [1.165, 1.54) is 16.4 Å². The number of rotatable bonds is 7. The minimum Gasteiger partial charge on any atom is -0.444 e. The van der Waals surface area contributed by atoms with Crippen molar-refractivity contribution in [2.75, 3.05) is 62.2 Å². The number of pyridine rings is 1. The Morgan fingerprint density at radius 1 is 1.04 bits per heavy atom. The highest BCUT2D eigenvalue weighted by atomic mass is 35.5. The summed E-state index contributed by atoms with van der Waals surface area (Å²) in [6.07, 6.45) is -4.68. The monoisotopic (exact) mass is 672 g/mol. The molecule has 5 rings (SSSR count). The Labute approximate surface area is 265 Å². The summed E-state index contributed by atoms with van der Waals surface area (Å²) >= 11 is 5.81. The van der Waals surface area contributed by atoms with E-state index in [1.807, 2.05) is 0 Å². The number of likely N-dealkylation sites (tertiary alicyclic amines) is 1. The van der Waals surface area contributed by atoms with Crippen LogP contribution in [0, 0.1) is 5.92 Å². The fraction of sp³-hybridized carbons (Fsp3) is 0.552. The standard InChI is InChI=1S/C29H36ClF3N6O5S/c1-28(2,3)44-27(41)34-15-19-16-37(17-19)22-14-26(40)39(18-22)21-4-6-23(7-5-21)45(42,43)38-10-8-36(9-11-38)25-13-20(29(31,32)33)12-24(30)35-25/h4-7,12-13,19,22H,8-11,14-18H2,1-3H3,(H,34,41). The van der Waals surface area contributed by atoms with Crippen molar-refractivity contribution in [3.8, 4) is 0 Å². The predicted octanol–water partition coefficient (Wildman–Crippen LogP) is 3.83. The van der Waals surface area contributed by atoms with Crippen molar-refractivity contribution in [3.05, 3.63) is 47.1 Å². The lowest BCUT2D eigenvalue weighted by Crippen LogP contribution is -2.56. The second kappa shape index (κ2) is 12.6. The second-order valence-electron chi connectivity index (χ2n) is 12.5. The molecule has 2 aromatic rings. The van der Waals surface area contributed by atoms with Crippen LogP contribution in [0.1, 0.15) is 32.8 Å². The molecular weight excluding hydrogens is 637 g/mol. The van der Waals surface area contributed by atoms with Crippen LogP contribution in [0.25, 0.3) is 0 Å². The first-order chi connectivity index (χ1) is 21.0. The Hall–Kier alpha value is -3.14. The number of aromatic nitrogens is 1. The fourth-order valence-electron chi connectivity index (χ4n) is 5.68. The Bertz CT molecular complexity index is 1520. The van der Waals surface area contributed by atoms with E-state index in [-0.39, 0.29) is 59.9 Å². The number of alkyl halides is 3. The topological polar surface area (TPSA) is 115 Å². The number of nitrogens with one attached hydrogen (secondary N) is 1. The number of carbonyl (C=O) groups excluding carboxylic acids is 2. The van der Waals surface area contributed by atoms with Gasteiger partial charge in [-0.1, -0.05) is 11.6 Å². The Morgan fingerprint density at radius 3 is 2.29 bits per heavy atom. The maximum atomic E-state index is 13.3. The number of sulfonamides is 1. The molecule has 11 nitrogen and oxygen atoms in total. The number of piperazine rings is 1. The molecular formula is C29H36ClF3N6O5S. The number of hydrogen-bond acceptors (Lipinski definition) is 8. The third kappa shape index (κ3) is 7.81. The van der Waals surface area contributed by atoms with Gasteiger partial charge in [0.2, 0.25) is 15.9 Å². The molecule has 3 saturated heterocycles. The normalized spacial score (nSPS) is 20.8. The average molecular weight is 673 g/mol. The summed E-state index contributed by atoms with van der Waals surface area (Å²) < 4.78 is 72.9. The molecule has 4 heterocycles. The first kappa shape index (κ1) is 33.2. The van der Waals surface area contributed by atoms with Crippen LogP contribution < -0.4 is 15.1 Å². The minimum absolute atomic E-state index is 0.0242. The van der Waals surface area contributed by atoms with Gasteiger partial charge in [-0.2, -0.15) is 17.5 Å². The van der Waals surface area contributed by atoms with Crippen LogP contribution >= 0.6 is 11.6 Å². The van der Waals surface area contributed by atoms with E-state index in [9.17, 15) is 31.2 Å². The van der Waals surface area contributed by atoms with E-state index < -0.39 is 33.5 Å². The van der Waals surface area contributed by atoms with Crippen LogP contribution in [0.15, 0.2) is 41.3 Å². The number of alkyl carbamates (subject to hydrolysis) is 1. The molecule has 1 unspecified atom stereocenters. The first-order valence-corrected chi connectivity index (χ1v) is 16.4. The van der Waals surface area contributed by atoms with E-state index >= 15 is 0 Å². The Kier molecular flexibility index (Phi) is 9.28. The van der Waals surface area contributed by atoms with Gasteiger partial charge in [-0.05, 0) is 57.2 Å². The van der Waals surface area contributed by atoms with Crippen molar-refractivity contribution in [2.45, 2.75) is 49.9 Å². The molecule has 1 N–H and O–H groups in total. The van der Waals surface area contributed by atoms with E-state index in [0.717, 1.165) is 25.2 Å². The molecule has 16 heteroatoms. The zero-order chi connectivity index (χ0) is 32.7. The van der Waals surface area contributed by atoms with Crippen molar-refractivity contribution in [3.63, 3.8) is 0 Å². The molecule has 3 aliphatic rings. The molecule has 0 radical (unpaired) electrons. The van der Waals surface area contributed by atoms with E-state index in [2.05, 4.69) is 15.2 Å². The van der Waals surface area contributed by atoms with Crippen LogP contribution in [-0.4, -0.2) is 98.6 Å². The summed E-state index contributed by atoms with van der Waals surface area (Å²) in [4.78, 5) is 34.2. The average Bonchev–Trinajstić information content (AvgIpc) is 3.31. The highest BCUT2D eigenvalue weighted by Crippen LogP contribution is 2.34. The molecule has 246 valence electrons. The van der Waals surface area contributed by atoms with Crippen molar-refractivity contribution < 1.29 is 35.9 Å². The van der Waals surface area contributed by atoms with Gasteiger partial charge in [-0.25, -0.2) is 18.2 Å². The summed E-state index contributed by atoms with van der Waals surface area (Å²) in [6, 6.07) is 7.84. The molecule has 2 amide bonds.